The third-order valence-electron chi connectivity index (χ3n) is 4.94. The quantitative estimate of drug-likeness (QED) is 0.885. The lowest BCUT2D eigenvalue weighted by molar-refractivity contribution is -0.122. The lowest BCUT2D eigenvalue weighted by Crippen LogP contribution is -2.28. The molecule has 2 heterocycles. The van der Waals surface area contributed by atoms with Crippen LogP contribution in [0.25, 0.3) is 5.82 Å². The summed E-state index contributed by atoms with van der Waals surface area (Å²) in [4.78, 5) is 20.6. The number of carbonyl (C=O) groups excluding carboxylic acids is 1. The van der Waals surface area contributed by atoms with Crippen LogP contribution in [0.1, 0.15) is 51.0 Å². The highest BCUT2D eigenvalue weighted by Gasteiger charge is 2.22. The number of nitrogens with zero attached hydrogens (tertiary/aromatic N) is 4. The number of carbonyl (C=O) groups is 1. The summed E-state index contributed by atoms with van der Waals surface area (Å²) >= 11 is 0. The molecule has 0 saturated heterocycles. The van der Waals surface area contributed by atoms with E-state index in [4.69, 9.17) is 0 Å². The molecule has 3 rings (SSSR count). The highest BCUT2D eigenvalue weighted by Crippen LogP contribution is 2.31. The molecule has 1 fully saturated rings. The molecule has 1 unspecified atom stereocenters. The largest absolute Gasteiger partial charge is 0.352 e. The first-order valence-corrected chi connectivity index (χ1v) is 8.79. The fourth-order valence-electron chi connectivity index (χ4n) is 3.52. The highest BCUT2D eigenvalue weighted by atomic mass is 16.1. The number of nitrogens with one attached hydrogen (secondary N) is 1. The Morgan fingerprint density at radius 2 is 2.21 bits per heavy atom. The zero-order chi connectivity index (χ0) is 16.8. The van der Waals surface area contributed by atoms with Crippen molar-refractivity contribution in [3.05, 3.63) is 36.5 Å². The molecule has 6 nitrogen and oxygen atoms in total. The number of pyridine rings is 1. The Bertz CT molecular complexity index is 649. The van der Waals surface area contributed by atoms with Gasteiger partial charge >= 0.3 is 0 Å². The Morgan fingerprint density at radius 3 is 2.96 bits per heavy atom. The summed E-state index contributed by atoms with van der Waals surface area (Å²) in [6.07, 6.45) is 11.9. The molecule has 1 saturated carbocycles. The molecule has 6 heteroatoms. The van der Waals surface area contributed by atoms with Crippen molar-refractivity contribution >= 4 is 5.91 Å². The van der Waals surface area contributed by atoms with Gasteiger partial charge in [0.2, 0.25) is 5.91 Å². The van der Waals surface area contributed by atoms with Crippen molar-refractivity contribution < 1.29 is 4.79 Å². The molecule has 1 N–H and O–H groups in total. The van der Waals surface area contributed by atoms with Gasteiger partial charge in [-0.1, -0.05) is 45.1 Å². The second-order valence-corrected chi connectivity index (χ2v) is 6.68. The summed E-state index contributed by atoms with van der Waals surface area (Å²) in [5.74, 6) is 1.97. The van der Waals surface area contributed by atoms with Crippen molar-refractivity contribution in [3.63, 3.8) is 0 Å². The molecule has 1 aliphatic carbocycles. The van der Waals surface area contributed by atoms with Crippen LogP contribution in [0, 0.1) is 11.8 Å². The normalized spacial score (nSPS) is 16.7. The van der Waals surface area contributed by atoms with E-state index in [1.54, 1.807) is 17.2 Å². The Hall–Kier alpha value is -2.24. The number of rotatable bonds is 6. The average molecular weight is 327 g/mol. The van der Waals surface area contributed by atoms with Gasteiger partial charge in [-0.25, -0.2) is 14.6 Å². The lowest BCUT2D eigenvalue weighted by Gasteiger charge is -2.27. The monoisotopic (exact) mass is 327 g/mol. The number of hydrogen-bond acceptors (Lipinski definition) is 4. The molecule has 2 aromatic rings. The van der Waals surface area contributed by atoms with E-state index in [-0.39, 0.29) is 5.91 Å². The maximum Gasteiger partial charge on any atom is 0.220 e. The second-order valence-electron chi connectivity index (χ2n) is 6.68. The van der Waals surface area contributed by atoms with Gasteiger partial charge in [-0.05, 0) is 17.9 Å². The molecule has 0 spiro atoms. The molecule has 0 aliphatic heterocycles. The van der Waals surface area contributed by atoms with Crippen LogP contribution in [0.15, 0.2) is 31.0 Å². The minimum atomic E-state index is 0.112. The molecule has 1 atom stereocenters. The standard InChI is InChI=1S/C18H25N5O/c1-14(15-6-3-2-4-7-15)10-17(24)21-11-16-8-5-9-20-18(16)23-13-19-12-22-23/h5,8-9,12-15H,2-4,6-7,10-11H2,1H3,(H,21,24). The van der Waals surface area contributed by atoms with Gasteiger partial charge in [-0.3, -0.25) is 4.79 Å². The van der Waals surface area contributed by atoms with Crippen molar-refractivity contribution in [2.75, 3.05) is 0 Å². The van der Waals surface area contributed by atoms with Crippen molar-refractivity contribution in [1.29, 1.82) is 0 Å². The van der Waals surface area contributed by atoms with E-state index in [9.17, 15) is 4.79 Å². The van der Waals surface area contributed by atoms with E-state index in [2.05, 4.69) is 27.3 Å². The van der Waals surface area contributed by atoms with E-state index in [0.717, 1.165) is 5.56 Å². The van der Waals surface area contributed by atoms with Crippen molar-refractivity contribution in [3.8, 4) is 5.82 Å². The first kappa shape index (κ1) is 16.6. The molecule has 1 amide bonds. The number of amides is 1. The Balaban J connectivity index is 1.55. The Labute approximate surface area is 142 Å². The molecule has 24 heavy (non-hydrogen) atoms. The first-order chi connectivity index (χ1) is 11.7. The van der Waals surface area contributed by atoms with Crippen LogP contribution in [-0.4, -0.2) is 25.7 Å². The predicted octanol–water partition coefficient (Wildman–Crippen LogP) is 2.89. The van der Waals surface area contributed by atoms with Gasteiger partial charge in [0, 0.05) is 24.7 Å². The topological polar surface area (TPSA) is 72.7 Å². The third-order valence-corrected chi connectivity index (χ3v) is 4.94. The maximum atomic E-state index is 12.3. The van der Waals surface area contributed by atoms with Crippen molar-refractivity contribution in [1.82, 2.24) is 25.1 Å². The molecule has 0 radical (unpaired) electrons. The fraction of sp³-hybridized carbons (Fsp3) is 0.556. The molecular formula is C18H25N5O. The van der Waals surface area contributed by atoms with Gasteiger partial charge < -0.3 is 5.32 Å². The maximum absolute atomic E-state index is 12.3. The Kier molecular flexibility index (Phi) is 5.56. The van der Waals surface area contributed by atoms with Crippen LogP contribution in [-0.2, 0) is 11.3 Å². The number of hydrogen-bond donors (Lipinski definition) is 1. The zero-order valence-electron chi connectivity index (χ0n) is 14.2. The van der Waals surface area contributed by atoms with Gasteiger partial charge in [-0.15, -0.1) is 0 Å². The molecule has 0 bridgehead atoms. The number of aromatic nitrogens is 4. The van der Waals surface area contributed by atoms with Gasteiger partial charge in [0.05, 0.1) is 0 Å². The van der Waals surface area contributed by atoms with Gasteiger partial charge in [0.25, 0.3) is 0 Å². The van der Waals surface area contributed by atoms with Gasteiger partial charge in [0.15, 0.2) is 5.82 Å². The van der Waals surface area contributed by atoms with E-state index in [0.29, 0.717) is 30.6 Å². The molecule has 2 aromatic heterocycles. The predicted molar refractivity (Wildman–Crippen MR) is 91.4 cm³/mol. The van der Waals surface area contributed by atoms with Gasteiger partial charge in [0.1, 0.15) is 12.7 Å². The fourth-order valence-corrected chi connectivity index (χ4v) is 3.52. The molecular weight excluding hydrogens is 302 g/mol. The molecule has 0 aromatic carbocycles. The van der Waals surface area contributed by atoms with Crippen molar-refractivity contribution in [2.24, 2.45) is 11.8 Å². The molecule has 1 aliphatic rings. The third kappa shape index (κ3) is 4.19. The summed E-state index contributed by atoms with van der Waals surface area (Å²) in [7, 11) is 0. The summed E-state index contributed by atoms with van der Waals surface area (Å²) < 4.78 is 1.62. The van der Waals surface area contributed by atoms with Crippen LogP contribution >= 0.6 is 0 Å². The summed E-state index contributed by atoms with van der Waals surface area (Å²) in [5.41, 5.74) is 0.932. The van der Waals surface area contributed by atoms with Crippen LogP contribution in [0.5, 0.6) is 0 Å². The van der Waals surface area contributed by atoms with E-state index in [1.807, 2.05) is 12.1 Å². The first-order valence-electron chi connectivity index (χ1n) is 8.79. The van der Waals surface area contributed by atoms with Crippen LogP contribution in [0.3, 0.4) is 0 Å². The van der Waals surface area contributed by atoms with Crippen LogP contribution in [0.4, 0.5) is 0 Å². The SMILES string of the molecule is CC(CC(=O)NCc1cccnc1-n1cncn1)C1CCCCC1. The van der Waals surface area contributed by atoms with E-state index < -0.39 is 0 Å². The Morgan fingerprint density at radius 1 is 1.38 bits per heavy atom. The zero-order valence-corrected chi connectivity index (χ0v) is 14.2. The van der Waals surface area contributed by atoms with E-state index in [1.165, 1.54) is 38.4 Å². The highest BCUT2D eigenvalue weighted by molar-refractivity contribution is 5.76. The lowest BCUT2D eigenvalue weighted by atomic mass is 9.79. The smallest absolute Gasteiger partial charge is 0.220 e. The summed E-state index contributed by atoms with van der Waals surface area (Å²) in [6.45, 7) is 2.67. The second kappa shape index (κ2) is 8.04. The minimum Gasteiger partial charge on any atom is -0.352 e. The van der Waals surface area contributed by atoms with Crippen LogP contribution in [0.2, 0.25) is 0 Å². The summed E-state index contributed by atoms with van der Waals surface area (Å²) in [6, 6.07) is 3.82. The van der Waals surface area contributed by atoms with Gasteiger partial charge in [-0.2, -0.15) is 5.10 Å². The minimum absolute atomic E-state index is 0.112. The van der Waals surface area contributed by atoms with Crippen molar-refractivity contribution in [2.45, 2.75) is 52.0 Å². The van der Waals surface area contributed by atoms with Crippen LogP contribution < -0.4 is 5.32 Å². The van der Waals surface area contributed by atoms with E-state index >= 15 is 0 Å². The summed E-state index contributed by atoms with van der Waals surface area (Å²) in [5, 5.41) is 7.14. The molecule has 128 valence electrons. The average Bonchev–Trinajstić information content (AvgIpc) is 3.15.